The summed E-state index contributed by atoms with van der Waals surface area (Å²) in [6.45, 7) is 9.22. The molecule has 102 valence electrons. The second kappa shape index (κ2) is 7.27. The predicted molar refractivity (Wildman–Crippen MR) is 80.4 cm³/mol. The molecule has 0 bridgehead atoms. The van der Waals surface area contributed by atoms with Crippen molar-refractivity contribution in [3.63, 3.8) is 0 Å². The minimum absolute atomic E-state index is 0.622. The molecule has 0 aliphatic heterocycles. The lowest BCUT2D eigenvalue weighted by molar-refractivity contribution is 0.294. The standard InChI is InChI=1S/C15H26N2S/c1-3-17(4-2)11-6-10-16-14-7-5-8-15-13(14)9-12-18-15/h9,12,14,16H,3-8,10-11H2,1-2H3. The topological polar surface area (TPSA) is 15.3 Å². The Morgan fingerprint density at radius 1 is 1.39 bits per heavy atom. The van der Waals surface area contributed by atoms with E-state index in [1.54, 1.807) is 10.4 Å². The van der Waals surface area contributed by atoms with Gasteiger partial charge in [0.2, 0.25) is 0 Å². The van der Waals surface area contributed by atoms with E-state index in [2.05, 4.69) is 35.5 Å². The van der Waals surface area contributed by atoms with Crippen molar-refractivity contribution in [1.29, 1.82) is 0 Å². The normalized spacial score (nSPS) is 19.2. The van der Waals surface area contributed by atoms with E-state index in [1.807, 2.05) is 11.3 Å². The molecule has 0 aromatic carbocycles. The van der Waals surface area contributed by atoms with E-state index >= 15 is 0 Å². The van der Waals surface area contributed by atoms with Crippen molar-refractivity contribution in [2.45, 2.75) is 45.6 Å². The van der Waals surface area contributed by atoms with Crippen molar-refractivity contribution in [2.75, 3.05) is 26.2 Å². The third-order valence-corrected chi connectivity index (χ3v) is 4.98. The predicted octanol–water partition coefficient (Wildman–Crippen LogP) is 3.45. The molecule has 1 aromatic heterocycles. The SMILES string of the molecule is CCN(CC)CCCNC1CCCc2sccc21. The van der Waals surface area contributed by atoms with E-state index in [0.29, 0.717) is 6.04 Å². The second-order valence-electron chi connectivity index (χ2n) is 5.08. The second-order valence-corrected chi connectivity index (χ2v) is 6.08. The third-order valence-electron chi connectivity index (χ3n) is 3.99. The van der Waals surface area contributed by atoms with Crippen LogP contribution in [0.2, 0.25) is 0 Å². The molecular formula is C15H26N2S. The first kappa shape index (κ1) is 14.0. The number of aryl methyl sites for hydroxylation is 1. The van der Waals surface area contributed by atoms with E-state index < -0.39 is 0 Å². The smallest absolute Gasteiger partial charge is 0.0331 e. The minimum atomic E-state index is 0.622. The van der Waals surface area contributed by atoms with Crippen LogP contribution in [0.15, 0.2) is 11.4 Å². The van der Waals surface area contributed by atoms with Gasteiger partial charge in [0.05, 0.1) is 0 Å². The van der Waals surface area contributed by atoms with E-state index in [9.17, 15) is 0 Å². The molecule has 0 amide bonds. The molecule has 1 aliphatic rings. The summed E-state index contributed by atoms with van der Waals surface area (Å²) in [4.78, 5) is 4.11. The van der Waals surface area contributed by atoms with Crippen molar-refractivity contribution in [3.05, 3.63) is 21.9 Å². The van der Waals surface area contributed by atoms with E-state index in [4.69, 9.17) is 0 Å². The Bertz CT molecular complexity index is 344. The molecule has 1 atom stereocenters. The van der Waals surface area contributed by atoms with Gasteiger partial charge in [-0.3, -0.25) is 0 Å². The van der Waals surface area contributed by atoms with Crippen LogP contribution in [0.4, 0.5) is 0 Å². The summed E-state index contributed by atoms with van der Waals surface area (Å²) < 4.78 is 0. The van der Waals surface area contributed by atoms with E-state index in [1.165, 1.54) is 45.3 Å². The summed E-state index contributed by atoms with van der Waals surface area (Å²) in [6, 6.07) is 2.94. The first-order valence-corrected chi connectivity index (χ1v) is 8.25. The van der Waals surface area contributed by atoms with Gasteiger partial charge in [0.15, 0.2) is 0 Å². The maximum Gasteiger partial charge on any atom is 0.0331 e. The lowest BCUT2D eigenvalue weighted by atomic mass is 9.94. The van der Waals surface area contributed by atoms with Gasteiger partial charge in [-0.1, -0.05) is 13.8 Å². The molecule has 1 unspecified atom stereocenters. The van der Waals surface area contributed by atoms with Crippen molar-refractivity contribution in [2.24, 2.45) is 0 Å². The van der Waals surface area contributed by atoms with Gasteiger partial charge in [-0.15, -0.1) is 11.3 Å². The summed E-state index contributed by atoms with van der Waals surface area (Å²) in [5.41, 5.74) is 1.58. The molecule has 1 heterocycles. The Morgan fingerprint density at radius 3 is 3.00 bits per heavy atom. The van der Waals surface area contributed by atoms with Crippen LogP contribution in [-0.2, 0) is 6.42 Å². The van der Waals surface area contributed by atoms with Crippen LogP contribution in [0.5, 0.6) is 0 Å². The van der Waals surface area contributed by atoms with Gasteiger partial charge in [0.1, 0.15) is 0 Å². The van der Waals surface area contributed by atoms with Gasteiger partial charge in [-0.25, -0.2) is 0 Å². The zero-order chi connectivity index (χ0) is 12.8. The Hall–Kier alpha value is -0.380. The maximum atomic E-state index is 3.75. The van der Waals surface area contributed by atoms with Crippen LogP contribution >= 0.6 is 11.3 Å². The van der Waals surface area contributed by atoms with E-state index in [-0.39, 0.29) is 0 Å². The van der Waals surface area contributed by atoms with Gasteiger partial charge in [0.25, 0.3) is 0 Å². The molecule has 0 fully saturated rings. The van der Waals surface area contributed by atoms with Crippen LogP contribution in [0.3, 0.4) is 0 Å². The maximum absolute atomic E-state index is 3.75. The number of hydrogen-bond acceptors (Lipinski definition) is 3. The number of nitrogens with zero attached hydrogens (tertiary/aromatic N) is 1. The molecule has 0 spiro atoms. The zero-order valence-corrected chi connectivity index (χ0v) is 12.6. The molecule has 0 saturated heterocycles. The van der Waals surface area contributed by atoms with E-state index in [0.717, 1.165) is 6.54 Å². The summed E-state index contributed by atoms with van der Waals surface area (Å²) >= 11 is 1.93. The average molecular weight is 266 g/mol. The summed E-state index contributed by atoms with van der Waals surface area (Å²) in [7, 11) is 0. The van der Waals surface area contributed by atoms with Gasteiger partial charge in [0, 0.05) is 10.9 Å². The van der Waals surface area contributed by atoms with Crippen molar-refractivity contribution < 1.29 is 0 Å². The Labute approximate surface area is 115 Å². The molecule has 2 nitrogen and oxygen atoms in total. The summed E-state index contributed by atoms with van der Waals surface area (Å²) in [5.74, 6) is 0. The Morgan fingerprint density at radius 2 is 2.22 bits per heavy atom. The molecule has 1 aromatic rings. The molecule has 18 heavy (non-hydrogen) atoms. The Kier molecular flexibility index (Phi) is 5.67. The first-order chi connectivity index (χ1) is 8.85. The molecule has 0 radical (unpaired) electrons. The lowest BCUT2D eigenvalue weighted by Crippen LogP contribution is -2.29. The van der Waals surface area contributed by atoms with Crippen molar-refractivity contribution >= 4 is 11.3 Å². The lowest BCUT2D eigenvalue weighted by Gasteiger charge is -2.24. The molecular weight excluding hydrogens is 240 g/mol. The number of fused-ring (bicyclic) bond motifs is 1. The molecule has 1 aliphatic carbocycles. The fraction of sp³-hybridized carbons (Fsp3) is 0.733. The zero-order valence-electron chi connectivity index (χ0n) is 11.7. The average Bonchev–Trinajstić information content (AvgIpc) is 2.88. The fourth-order valence-electron chi connectivity index (χ4n) is 2.82. The highest BCUT2D eigenvalue weighted by Gasteiger charge is 2.20. The first-order valence-electron chi connectivity index (χ1n) is 7.37. The van der Waals surface area contributed by atoms with Crippen molar-refractivity contribution in [1.82, 2.24) is 10.2 Å². The monoisotopic (exact) mass is 266 g/mol. The summed E-state index contributed by atoms with van der Waals surface area (Å²) in [5, 5.41) is 6.00. The number of hydrogen-bond donors (Lipinski definition) is 1. The molecule has 0 saturated carbocycles. The summed E-state index contributed by atoms with van der Waals surface area (Å²) in [6.07, 6.45) is 5.22. The van der Waals surface area contributed by atoms with Crippen molar-refractivity contribution in [3.8, 4) is 0 Å². The minimum Gasteiger partial charge on any atom is -0.310 e. The Balaban J connectivity index is 1.72. The molecule has 1 N–H and O–H groups in total. The van der Waals surface area contributed by atoms with Crippen LogP contribution < -0.4 is 5.32 Å². The third kappa shape index (κ3) is 3.56. The van der Waals surface area contributed by atoms with Gasteiger partial charge in [-0.2, -0.15) is 0 Å². The van der Waals surface area contributed by atoms with Gasteiger partial charge >= 0.3 is 0 Å². The molecule has 2 rings (SSSR count). The number of thiophene rings is 1. The molecule has 3 heteroatoms. The van der Waals surface area contributed by atoms with Crippen LogP contribution in [0, 0.1) is 0 Å². The number of rotatable bonds is 7. The van der Waals surface area contributed by atoms with Crippen LogP contribution in [-0.4, -0.2) is 31.1 Å². The quantitative estimate of drug-likeness (QED) is 0.761. The highest BCUT2D eigenvalue weighted by atomic mass is 32.1. The van der Waals surface area contributed by atoms with Crippen LogP contribution in [0.25, 0.3) is 0 Å². The highest BCUT2D eigenvalue weighted by Crippen LogP contribution is 2.33. The fourth-order valence-corrected chi connectivity index (χ4v) is 3.80. The van der Waals surface area contributed by atoms with Gasteiger partial charge < -0.3 is 10.2 Å². The highest BCUT2D eigenvalue weighted by molar-refractivity contribution is 7.10. The largest absolute Gasteiger partial charge is 0.310 e. The van der Waals surface area contributed by atoms with Crippen LogP contribution in [0.1, 0.15) is 49.6 Å². The number of nitrogens with one attached hydrogen (secondary N) is 1. The van der Waals surface area contributed by atoms with Gasteiger partial charge in [-0.05, 0) is 68.9 Å².